The van der Waals surface area contributed by atoms with Gasteiger partial charge in [0.1, 0.15) is 0 Å². The van der Waals surface area contributed by atoms with Crippen LogP contribution in [0, 0.1) is 0 Å². The van der Waals surface area contributed by atoms with Crippen molar-refractivity contribution in [2.75, 3.05) is 65.5 Å². The first-order valence-corrected chi connectivity index (χ1v) is 11.7. The molecule has 3 rings (SSSR count). The van der Waals surface area contributed by atoms with Crippen LogP contribution in [-0.2, 0) is 11.3 Å². The second-order valence-corrected chi connectivity index (χ2v) is 8.83. The number of hydrogen-bond donors (Lipinski definition) is 0. The maximum atomic E-state index is 12.9. The van der Waals surface area contributed by atoms with Crippen LogP contribution in [0.1, 0.15) is 43.6 Å². The Morgan fingerprint density at radius 2 is 1.73 bits per heavy atom. The molecule has 6 heteroatoms. The lowest BCUT2D eigenvalue weighted by atomic mass is 10.1. The van der Waals surface area contributed by atoms with Crippen LogP contribution in [0.25, 0.3) is 0 Å². The predicted octanol–water partition coefficient (Wildman–Crippen LogP) is 2.40. The highest BCUT2D eigenvalue weighted by atomic mass is 16.5. The first kappa shape index (κ1) is 23.2. The van der Waals surface area contributed by atoms with Crippen LogP contribution in [0.2, 0.25) is 0 Å². The number of carbonyl (C=O) groups is 1. The van der Waals surface area contributed by atoms with Gasteiger partial charge in [-0.15, -0.1) is 0 Å². The molecule has 2 saturated heterocycles. The highest BCUT2D eigenvalue weighted by Gasteiger charge is 2.27. The van der Waals surface area contributed by atoms with E-state index >= 15 is 0 Å². The van der Waals surface area contributed by atoms with Crippen LogP contribution in [0.15, 0.2) is 24.3 Å². The highest BCUT2D eigenvalue weighted by molar-refractivity contribution is 5.94. The van der Waals surface area contributed by atoms with Gasteiger partial charge in [-0.3, -0.25) is 19.5 Å². The van der Waals surface area contributed by atoms with Crippen LogP contribution >= 0.6 is 0 Å². The van der Waals surface area contributed by atoms with E-state index in [4.69, 9.17) is 4.74 Å². The van der Waals surface area contributed by atoms with E-state index in [0.717, 1.165) is 77.6 Å². The predicted molar refractivity (Wildman–Crippen MR) is 122 cm³/mol. The molecule has 0 aromatic heterocycles. The highest BCUT2D eigenvalue weighted by Crippen LogP contribution is 2.14. The van der Waals surface area contributed by atoms with Crippen molar-refractivity contribution in [2.24, 2.45) is 0 Å². The first-order valence-electron chi connectivity index (χ1n) is 11.7. The van der Waals surface area contributed by atoms with Crippen LogP contribution in [0.4, 0.5) is 0 Å². The van der Waals surface area contributed by atoms with E-state index < -0.39 is 0 Å². The van der Waals surface area contributed by atoms with Crippen molar-refractivity contribution in [3.63, 3.8) is 0 Å². The second-order valence-electron chi connectivity index (χ2n) is 8.83. The maximum Gasteiger partial charge on any atom is 0.253 e. The van der Waals surface area contributed by atoms with Crippen molar-refractivity contribution in [3.05, 3.63) is 35.4 Å². The molecule has 2 heterocycles. The van der Waals surface area contributed by atoms with Gasteiger partial charge in [-0.2, -0.15) is 0 Å². The number of ether oxygens (including phenoxy) is 1. The van der Waals surface area contributed by atoms with Gasteiger partial charge in [-0.25, -0.2) is 0 Å². The quantitative estimate of drug-likeness (QED) is 0.651. The Balaban J connectivity index is 1.46. The Kier molecular flexibility index (Phi) is 8.69. The monoisotopic (exact) mass is 416 g/mol. The minimum absolute atomic E-state index is 0.156. The molecule has 0 saturated carbocycles. The molecule has 2 aliphatic rings. The lowest BCUT2D eigenvalue weighted by Gasteiger charge is -2.40. The number of amides is 1. The van der Waals surface area contributed by atoms with E-state index in [-0.39, 0.29) is 12.0 Å². The van der Waals surface area contributed by atoms with E-state index in [2.05, 4.69) is 54.5 Å². The minimum Gasteiger partial charge on any atom is -0.374 e. The first-order chi connectivity index (χ1) is 14.5. The number of hydrogen-bond acceptors (Lipinski definition) is 5. The average Bonchev–Trinajstić information content (AvgIpc) is 2.78. The third kappa shape index (κ3) is 6.27. The van der Waals surface area contributed by atoms with Crippen molar-refractivity contribution in [2.45, 2.75) is 46.4 Å². The molecule has 6 nitrogen and oxygen atoms in total. The lowest BCUT2D eigenvalue weighted by molar-refractivity contribution is -0.0555. The zero-order chi connectivity index (χ0) is 21.5. The van der Waals surface area contributed by atoms with Crippen molar-refractivity contribution < 1.29 is 9.53 Å². The third-order valence-electron chi connectivity index (χ3n) is 6.52. The Morgan fingerprint density at radius 1 is 1.07 bits per heavy atom. The van der Waals surface area contributed by atoms with Gasteiger partial charge in [0.25, 0.3) is 5.91 Å². The molecule has 0 radical (unpaired) electrons. The molecular weight excluding hydrogens is 376 g/mol. The Morgan fingerprint density at radius 3 is 2.33 bits per heavy atom. The molecule has 1 amide bonds. The van der Waals surface area contributed by atoms with Gasteiger partial charge in [0.05, 0.1) is 12.7 Å². The summed E-state index contributed by atoms with van der Waals surface area (Å²) in [5.74, 6) is 0.156. The number of rotatable bonds is 8. The summed E-state index contributed by atoms with van der Waals surface area (Å²) in [5.41, 5.74) is 2.07. The van der Waals surface area contributed by atoms with Crippen LogP contribution in [0.5, 0.6) is 0 Å². The molecule has 1 atom stereocenters. The summed E-state index contributed by atoms with van der Waals surface area (Å²) in [5, 5.41) is 0. The zero-order valence-corrected chi connectivity index (χ0v) is 19.3. The topological polar surface area (TPSA) is 39.3 Å². The average molecular weight is 417 g/mol. The van der Waals surface area contributed by atoms with E-state index in [9.17, 15) is 4.79 Å². The van der Waals surface area contributed by atoms with Crippen LogP contribution in [0.3, 0.4) is 0 Å². The fourth-order valence-electron chi connectivity index (χ4n) is 4.38. The number of benzene rings is 1. The third-order valence-corrected chi connectivity index (χ3v) is 6.52. The molecule has 1 aromatic carbocycles. The van der Waals surface area contributed by atoms with Gasteiger partial charge < -0.3 is 9.64 Å². The molecule has 0 aliphatic carbocycles. The van der Waals surface area contributed by atoms with E-state index in [1.165, 1.54) is 5.56 Å². The fraction of sp³-hybridized carbons (Fsp3) is 0.708. The van der Waals surface area contributed by atoms with Crippen LogP contribution in [-0.4, -0.2) is 103 Å². The molecule has 30 heavy (non-hydrogen) atoms. The zero-order valence-electron chi connectivity index (χ0n) is 19.3. The largest absolute Gasteiger partial charge is 0.374 e. The van der Waals surface area contributed by atoms with Crippen molar-refractivity contribution >= 4 is 5.91 Å². The van der Waals surface area contributed by atoms with E-state index in [0.29, 0.717) is 6.04 Å². The number of piperazine rings is 1. The van der Waals surface area contributed by atoms with Crippen LogP contribution < -0.4 is 0 Å². The Labute approximate surface area is 182 Å². The molecule has 0 N–H and O–H groups in total. The summed E-state index contributed by atoms with van der Waals surface area (Å²) in [6.45, 7) is 19.2. The SMILES string of the molecule is CCN(CC)Cc1ccc(C(=O)N2CCN(CC3CN(C(C)C)CCO3)CC2)cc1. The van der Waals surface area contributed by atoms with Gasteiger partial charge in [0, 0.05) is 64.0 Å². The number of morpholine rings is 1. The molecule has 2 fully saturated rings. The molecule has 1 aromatic rings. The Bertz CT molecular complexity index is 652. The summed E-state index contributed by atoms with van der Waals surface area (Å²) in [4.78, 5) is 22.3. The van der Waals surface area contributed by atoms with Crippen molar-refractivity contribution in [1.82, 2.24) is 19.6 Å². The lowest BCUT2D eigenvalue weighted by Crippen LogP contribution is -2.54. The van der Waals surface area contributed by atoms with E-state index in [1.807, 2.05) is 17.0 Å². The molecule has 1 unspecified atom stereocenters. The number of carbonyl (C=O) groups excluding carboxylic acids is 1. The molecule has 0 bridgehead atoms. The molecular formula is C24H40N4O2. The summed E-state index contributed by atoms with van der Waals surface area (Å²) in [6.07, 6.45) is 0.279. The van der Waals surface area contributed by atoms with Crippen molar-refractivity contribution in [1.29, 1.82) is 0 Å². The molecule has 168 valence electrons. The van der Waals surface area contributed by atoms with Crippen molar-refractivity contribution in [3.8, 4) is 0 Å². The minimum atomic E-state index is 0.156. The molecule has 2 aliphatic heterocycles. The summed E-state index contributed by atoms with van der Waals surface area (Å²) in [7, 11) is 0. The smallest absolute Gasteiger partial charge is 0.253 e. The standard InChI is InChI=1S/C24H40N4O2/c1-5-25(6-2)17-21-7-9-22(10-8-21)24(29)27-13-11-26(12-14-27)18-23-19-28(20(3)4)15-16-30-23/h7-10,20,23H,5-6,11-19H2,1-4H3. The maximum absolute atomic E-state index is 12.9. The summed E-state index contributed by atoms with van der Waals surface area (Å²) >= 11 is 0. The number of nitrogens with zero attached hydrogens (tertiary/aromatic N) is 4. The van der Waals surface area contributed by atoms with Gasteiger partial charge in [0.15, 0.2) is 0 Å². The van der Waals surface area contributed by atoms with Gasteiger partial charge in [-0.05, 0) is 44.6 Å². The Hall–Kier alpha value is -1.47. The normalized spacial score (nSPS) is 21.5. The van der Waals surface area contributed by atoms with E-state index in [1.54, 1.807) is 0 Å². The van der Waals surface area contributed by atoms with Gasteiger partial charge >= 0.3 is 0 Å². The second kappa shape index (κ2) is 11.2. The van der Waals surface area contributed by atoms with Gasteiger partial charge in [-0.1, -0.05) is 26.0 Å². The molecule has 0 spiro atoms. The summed E-state index contributed by atoms with van der Waals surface area (Å²) in [6, 6.07) is 8.75. The van der Waals surface area contributed by atoms with Gasteiger partial charge in [0.2, 0.25) is 0 Å². The fourth-order valence-corrected chi connectivity index (χ4v) is 4.38. The summed E-state index contributed by atoms with van der Waals surface area (Å²) < 4.78 is 5.99.